The molecule has 0 aromatic rings. The molecule has 6 nitrogen and oxygen atoms in total. The van der Waals surface area contributed by atoms with Crippen molar-refractivity contribution in [2.75, 3.05) is 13.2 Å². The summed E-state index contributed by atoms with van der Waals surface area (Å²) in [4.78, 5) is 0. The van der Waals surface area contributed by atoms with Crippen molar-refractivity contribution < 1.29 is 30.6 Å². The van der Waals surface area contributed by atoms with Gasteiger partial charge in [0.05, 0.1) is 45.5 Å². The van der Waals surface area contributed by atoms with Crippen LogP contribution in [-0.4, -0.2) is 101 Å². The maximum atomic E-state index is 8.96. The number of hydrogen-bond acceptors (Lipinski definition) is 6. The van der Waals surface area contributed by atoms with Crippen molar-refractivity contribution in [3.8, 4) is 0 Å². The average molecular weight is 473 g/mol. The molecule has 0 aromatic heterocycles. The molecule has 0 saturated heterocycles. The quantitative estimate of drug-likeness (QED) is 0.315. The molecule has 146 valence electrons. The van der Waals surface area contributed by atoms with E-state index in [1.807, 2.05) is 0 Å². The van der Waals surface area contributed by atoms with E-state index < -0.39 is 69.9 Å². The third kappa shape index (κ3) is 6.91. The van der Waals surface area contributed by atoms with E-state index >= 15 is 0 Å². The van der Waals surface area contributed by atoms with E-state index in [1.165, 1.54) is 0 Å². The van der Waals surface area contributed by atoms with Crippen LogP contribution in [0.4, 0.5) is 0 Å². The van der Waals surface area contributed by atoms with Crippen LogP contribution in [-0.2, 0) is 0 Å². The van der Waals surface area contributed by atoms with Crippen LogP contribution in [0, 0.1) is 0 Å². The van der Waals surface area contributed by atoms with Crippen molar-refractivity contribution >= 4 is 69.6 Å². The lowest BCUT2D eigenvalue weighted by Crippen LogP contribution is -2.52. The maximum Gasteiger partial charge on any atom is 0.111 e. The molecule has 6 N–H and O–H groups in total. The van der Waals surface area contributed by atoms with E-state index in [0.29, 0.717) is 0 Å². The van der Waals surface area contributed by atoms with E-state index in [9.17, 15) is 0 Å². The average Bonchev–Trinajstić information content (AvgIpc) is 2.60. The van der Waals surface area contributed by atoms with E-state index in [-0.39, 0.29) is 0 Å². The van der Waals surface area contributed by atoms with Crippen molar-refractivity contribution in [3.05, 3.63) is 0 Å². The van der Waals surface area contributed by atoms with Crippen LogP contribution in [0.15, 0.2) is 0 Å². The van der Waals surface area contributed by atoms with Gasteiger partial charge in [0.15, 0.2) is 0 Å². The largest absolute Gasteiger partial charge is 0.394 e. The van der Waals surface area contributed by atoms with Gasteiger partial charge in [-0.25, -0.2) is 0 Å². The first-order valence-corrected chi connectivity index (χ1v) is 9.41. The highest BCUT2D eigenvalue weighted by Crippen LogP contribution is 2.39. The zero-order chi connectivity index (χ0) is 19.2. The molecule has 0 radical (unpaired) electrons. The van der Waals surface area contributed by atoms with Gasteiger partial charge in [-0.15, -0.1) is 69.6 Å². The topological polar surface area (TPSA) is 121 Å². The summed E-state index contributed by atoms with van der Waals surface area (Å²) in [6.07, 6.45) is -6.39. The Morgan fingerprint density at radius 1 is 0.500 bits per heavy atom. The summed E-state index contributed by atoms with van der Waals surface area (Å²) in [5.74, 6) is 0. The summed E-state index contributed by atoms with van der Waals surface area (Å²) in [5.41, 5.74) is 0. The minimum Gasteiger partial charge on any atom is -0.394 e. The van der Waals surface area contributed by atoms with Crippen LogP contribution in [0.2, 0.25) is 0 Å². The van der Waals surface area contributed by atoms with Gasteiger partial charge in [-0.2, -0.15) is 0 Å². The predicted octanol–water partition coefficient (Wildman–Crippen LogP) is 0.0590. The van der Waals surface area contributed by atoms with Gasteiger partial charge >= 0.3 is 0 Å². The molecule has 1 fully saturated rings. The first-order valence-electron chi connectivity index (χ1n) is 6.79. The van der Waals surface area contributed by atoms with Crippen molar-refractivity contribution in [1.29, 1.82) is 0 Å². The van der Waals surface area contributed by atoms with Crippen LogP contribution in [0.1, 0.15) is 0 Å². The second-order valence-electron chi connectivity index (χ2n) is 5.15. The molecule has 4 atom stereocenters. The number of alkyl halides is 6. The minimum absolute atomic E-state index is 0.437. The SMILES string of the molecule is ClC1C(Cl)C(Cl)C(Cl)C(Cl)C1Cl.OC[C@@H](O)[C@@H](O)[C@H](O)[C@H](O)CO. The summed E-state index contributed by atoms with van der Waals surface area (Å²) < 4.78 is 0. The van der Waals surface area contributed by atoms with Crippen LogP contribution in [0.5, 0.6) is 0 Å². The Balaban J connectivity index is 0.000000441. The summed E-state index contributed by atoms with van der Waals surface area (Å²) in [6, 6.07) is 0. The standard InChI is InChI=1S/C6H6Cl6.C6H14O6/c7-1-2(8)4(10)6(12)5(11)3(1)9;7-1-3(9)5(11)6(12)4(10)2-8/h1-6H;3-12H,1-2H2/t;3-,4-,5-,6-/m.1/s1. The number of rotatable bonds is 5. The highest BCUT2D eigenvalue weighted by Gasteiger charge is 2.46. The molecule has 1 rings (SSSR count). The molecule has 0 amide bonds. The monoisotopic (exact) mass is 470 g/mol. The van der Waals surface area contributed by atoms with Gasteiger partial charge < -0.3 is 30.6 Å². The van der Waals surface area contributed by atoms with Gasteiger partial charge in [0, 0.05) is 0 Å². The van der Waals surface area contributed by atoms with Gasteiger partial charge in [-0.1, -0.05) is 0 Å². The van der Waals surface area contributed by atoms with E-state index in [2.05, 4.69) is 0 Å². The molecule has 1 aliphatic rings. The molecule has 0 aromatic carbocycles. The smallest absolute Gasteiger partial charge is 0.111 e. The maximum absolute atomic E-state index is 8.96. The highest BCUT2D eigenvalue weighted by molar-refractivity contribution is 6.45. The summed E-state index contributed by atoms with van der Waals surface area (Å²) in [7, 11) is 0. The molecular weight excluding hydrogens is 453 g/mol. The fourth-order valence-corrected chi connectivity index (χ4v) is 4.05. The summed E-state index contributed by atoms with van der Waals surface area (Å²) >= 11 is 35.3. The third-order valence-electron chi connectivity index (χ3n) is 3.34. The van der Waals surface area contributed by atoms with Crippen molar-refractivity contribution in [2.24, 2.45) is 0 Å². The van der Waals surface area contributed by atoms with Gasteiger partial charge in [-0.05, 0) is 0 Å². The predicted molar refractivity (Wildman–Crippen MR) is 96.0 cm³/mol. The molecule has 0 bridgehead atoms. The first-order chi connectivity index (χ1) is 11.0. The highest BCUT2D eigenvalue weighted by atomic mass is 35.5. The molecule has 12 heteroatoms. The third-order valence-corrected chi connectivity index (χ3v) is 7.37. The number of aliphatic hydroxyl groups is 6. The van der Waals surface area contributed by atoms with Crippen LogP contribution >= 0.6 is 69.6 Å². The summed E-state index contributed by atoms with van der Waals surface area (Å²) in [6.45, 7) is -1.45. The zero-order valence-corrected chi connectivity index (χ0v) is 16.7. The lowest BCUT2D eigenvalue weighted by Gasteiger charge is -2.37. The fourth-order valence-electron chi connectivity index (χ4n) is 1.73. The number of halogens is 6. The van der Waals surface area contributed by atoms with Crippen LogP contribution in [0.3, 0.4) is 0 Å². The first kappa shape index (κ1) is 25.5. The van der Waals surface area contributed by atoms with Crippen LogP contribution < -0.4 is 0 Å². The Labute approximate surface area is 169 Å². The molecule has 1 saturated carbocycles. The van der Waals surface area contributed by atoms with E-state index in [1.54, 1.807) is 0 Å². The Hall–Kier alpha value is 1.50. The number of aliphatic hydroxyl groups excluding tert-OH is 6. The van der Waals surface area contributed by atoms with Gasteiger partial charge in [0.1, 0.15) is 24.4 Å². The second-order valence-corrected chi connectivity index (χ2v) is 8.17. The van der Waals surface area contributed by atoms with Crippen molar-refractivity contribution in [3.63, 3.8) is 0 Å². The molecule has 0 heterocycles. The minimum atomic E-state index is -1.67. The molecular formula is C12H20Cl6O6. The molecule has 24 heavy (non-hydrogen) atoms. The second kappa shape index (κ2) is 12.1. The van der Waals surface area contributed by atoms with Gasteiger partial charge in [-0.3, -0.25) is 0 Å². The lowest BCUT2D eigenvalue weighted by molar-refractivity contribution is -0.123. The Kier molecular flexibility index (Phi) is 12.8. The van der Waals surface area contributed by atoms with E-state index in [4.69, 9.17) is 100 Å². The molecule has 0 unspecified atom stereocenters. The van der Waals surface area contributed by atoms with Crippen molar-refractivity contribution in [2.45, 2.75) is 56.7 Å². The number of hydrogen-bond donors (Lipinski definition) is 6. The Morgan fingerprint density at radius 2 is 0.667 bits per heavy atom. The van der Waals surface area contributed by atoms with Crippen molar-refractivity contribution in [1.82, 2.24) is 0 Å². The fraction of sp³-hybridized carbons (Fsp3) is 1.00. The van der Waals surface area contributed by atoms with Crippen LogP contribution in [0.25, 0.3) is 0 Å². The van der Waals surface area contributed by atoms with Gasteiger partial charge in [0.25, 0.3) is 0 Å². The summed E-state index contributed by atoms with van der Waals surface area (Å²) in [5, 5.41) is 49.6. The zero-order valence-electron chi connectivity index (χ0n) is 12.1. The normalized spacial score (nSPS) is 38.5. The molecule has 0 aliphatic heterocycles. The Bertz CT molecular complexity index is 275. The van der Waals surface area contributed by atoms with Gasteiger partial charge in [0.2, 0.25) is 0 Å². The Morgan fingerprint density at radius 3 is 0.792 bits per heavy atom. The lowest BCUT2D eigenvalue weighted by atomic mass is 9.97. The molecule has 1 aliphatic carbocycles. The van der Waals surface area contributed by atoms with E-state index in [0.717, 1.165) is 0 Å². The molecule has 0 spiro atoms.